The quantitative estimate of drug-likeness (QED) is 0.700. The molecule has 0 amide bonds. The van der Waals surface area contributed by atoms with Gasteiger partial charge in [0.15, 0.2) is 0 Å². The molecule has 1 spiro atoms. The Kier molecular flexibility index (Phi) is 4.38. The van der Waals surface area contributed by atoms with E-state index in [9.17, 15) is 0 Å². The molecule has 2 rings (SSSR count). The van der Waals surface area contributed by atoms with Crippen LogP contribution in [-0.2, 0) is 9.47 Å². The summed E-state index contributed by atoms with van der Waals surface area (Å²) in [4.78, 5) is 2.28. The van der Waals surface area contributed by atoms with Gasteiger partial charge in [0.25, 0.3) is 0 Å². The van der Waals surface area contributed by atoms with Crippen LogP contribution >= 0.6 is 0 Å². The van der Waals surface area contributed by atoms with Crippen LogP contribution in [0.1, 0.15) is 32.6 Å². The molecule has 0 aromatic heterocycles. The fourth-order valence-corrected chi connectivity index (χ4v) is 3.00. The first-order valence-corrected chi connectivity index (χ1v) is 6.62. The van der Waals surface area contributed by atoms with Crippen molar-refractivity contribution in [1.82, 2.24) is 4.90 Å². The minimum absolute atomic E-state index is 0.0318. The maximum atomic E-state index is 8.86. The molecule has 4 heteroatoms. The molecular weight excluding hydrogens is 216 g/mol. The molecule has 0 aromatic rings. The zero-order valence-electron chi connectivity index (χ0n) is 10.7. The fourth-order valence-electron chi connectivity index (χ4n) is 3.00. The molecule has 2 aliphatic rings. The number of rotatable bonds is 3. The Morgan fingerprint density at radius 1 is 1.35 bits per heavy atom. The summed E-state index contributed by atoms with van der Waals surface area (Å²) < 4.78 is 11.4. The number of nitriles is 1. The second-order valence-electron chi connectivity index (χ2n) is 5.01. The van der Waals surface area contributed by atoms with Crippen molar-refractivity contribution < 1.29 is 9.47 Å². The Bertz CT molecular complexity index is 276. The van der Waals surface area contributed by atoms with E-state index >= 15 is 0 Å². The van der Waals surface area contributed by atoms with Crippen LogP contribution in [-0.4, -0.2) is 49.5 Å². The van der Waals surface area contributed by atoms with Crippen LogP contribution in [0.25, 0.3) is 0 Å². The van der Waals surface area contributed by atoms with E-state index < -0.39 is 0 Å². The first kappa shape index (κ1) is 12.8. The van der Waals surface area contributed by atoms with E-state index in [4.69, 9.17) is 14.7 Å². The van der Waals surface area contributed by atoms with Gasteiger partial charge in [-0.3, -0.25) is 4.90 Å². The first-order valence-electron chi connectivity index (χ1n) is 6.62. The van der Waals surface area contributed by atoms with E-state index in [1.54, 1.807) is 0 Å². The molecule has 0 saturated carbocycles. The van der Waals surface area contributed by atoms with E-state index in [0.717, 1.165) is 52.0 Å². The van der Waals surface area contributed by atoms with Crippen molar-refractivity contribution in [1.29, 1.82) is 5.26 Å². The molecule has 1 atom stereocenters. The van der Waals surface area contributed by atoms with Crippen LogP contribution < -0.4 is 0 Å². The molecule has 1 unspecified atom stereocenters. The van der Waals surface area contributed by atoms with Crippen LogP contribution in [0.5, 0.6) is 0 Å². The van der Waals surface area contributed by atoms with E-state index in [1.165, 1.54) is 0 Å². The molecule has 2 saturated heterocycles. The van der Waals surface area contributed by atoms with E-state index in [-0.39, 0.29) is 5.60 Å². The Labute approximate surface area is 103 Å². The molecule has 4 nitrogen and oxygen atoms in total. The smallest absolute Gasteiger partial charge is 0.0868 e. The van der Waals surface area contributed by atoms with Crippen molar-refractivity contribution >= 4 is 0 Å². The van der Waals surface area contributed by atoms with Gasteiger partial charge in [0, 0.05) is 25.9 Å². The third kappa shape index (κ3) is 2.98. The van der Waals surface area contributed by atoms with Crippen molar-refractivity contribution in [3.05, 3.63) is 0 Å². The average molecular weight is 238 g/mol. The highest BCUT2D eigenvalue weighted by Gasteiger charge is 2.40. The molecule has 0 aliphatic carbocycles. The predicted octanol–water partition coefficient (Wildman–Crippen LogP) is 1.56. The lowest BCUT2D eigenvalue weighted by Gasteiger charge is -2.45. The molecule has 96 valence electrons. The molecule has 0 aromatic carbocycles. The molecule has 17 heavy (non-hydrogen) atoms. The molecule has 2 fully saturated rings. The summed E-state index contributed by atoms with van der Waals surface area (Å²) in [5.41, 5.74) is 0.0318. The number of nitrogens with zero attached hydrogens (tertiary/aromatic N) is 2. The van der Waals surface area contributed by atoms with Crippen LogP contribution in [0.2, 0.25) is 0 Å². The Morgan fingerprint density at radius 2 is 2.12 bits per heavy atom. The Hall–Kier alpha value is -0.630. The summed E-state index contributed by atoms with van der Waals surface area (Å²) in [6.07, 6.45) is 4.13. The van der Waals surface area contributed by atoms with E-state index in [2.05, 4.69) is 17.9 Å². The lowest BCUT2D eigenvalue weighted by Crippen LogP contribution is -2.51. The van der Waals surface area contributed by atoms with Gasteiger partial charge in [0.1, 0.15) is 0 Å². The highest BCUT2D eigenvalue weighted by molar-refractivity contribution is 4.93. The number of ether oxygens (including phenoxy) is 2. The lowest BCUT2D eigenvalue weighted by atomic mass is 9.83. The zero-order chi connectivity index (χ0) is 12.1. The van der Waals surface area contributed by atoms with Gasteiger partial charge < -0.3 is 9.47 Å². The zero-order valence-corrected chi connectivity index (χ0v) is 10.7. The van der Waals surface area contributed by atoms with E-state index in [0.29, 0.717) is 12.6 Å². The monoisotopic (exact) mass is 238 g/mol. The SMILES string of the molecule is CCN(CC#N)C1CCOC2(CCOCC2)C1. The van der Waals surface area contributed by atoms with Gasteiger partial charge in [-0.05, 0) is 32.2 Å². The first-order chi connectivity index (χ1) is 8.29. The predicted molar refractivity (Wildman–Crippen MR) is 64.6 cm³/mol. The minimum atomic E-state index is 0.0318. The van der Waals surface area contributed by atoms with Crippen molar-refractivity contribution in [3.63, 3.8) is 0 Å². The summed E-state index contributed by atoms with van der Waals surface area (Å²) in [7, 11) is 0. The van der Waals surface area contributed by atoms with Crippen molar-refractivity contribution in [2.45, 2.75) is 44.2 Å². The molecule has 0 radical (unpaired) electrons. The second kappa shape index (κ2) is 5.81. The topological polar surface area (TPSA) is 45.5 Å². The Balaban J connectivity index is 1.98. The van der Waals surface area contributed by atoms with Gasteiger partial charge in [-0.25, -0.2) is 0 Å². The summed E-state index contributed by atoms with van der Waals surface area (Å²) in [6, 6.07) is 2.77. The van der Waals surface area contributed by atoms with Crippen LogP contribution in [0.4, 0.5) is 0 Å². The highest BCUT2D eigenvalue weighted by atomic mass is 16.5. The maximum Gasteiger partial charge on any atom is 0.0868 e. The van der Waals surface area contributed by atoms with Gasteiger partial charge in [-0.2, -0.15) is 5.26 Å². The maximum absolute atomic E-state index is 8.86. The standard InChI is InChI=1S/C13H22N2O2/c1-2-15(7-6-14)12-3-8-17-13(11-12)4-9-16-10-5-13/h12H,2-5,7-11H2,1H3. The van der Waals surface area contributed by atoms with Crippen LogP contribution in [0.3, 0.4) is 0 Å². The third-order valence-corrected chi connectivity index (χ3v) is 4.07. The van der Waals surface area contributed by atoms with Gasteiger partial charge >= 0.3 is 0 Å². The van der Waals surface area contributed by atoms with Crippen LogP contribution in [0.15, 0.2) is 0 Å². The van der Waals surface area contributed by atoms with Gasteiger partial charge in [-0.15, -0.1) is 0 Å². The summed E-state index contributed by atoms with van der Waals surface area (Å²) in [5.74, 6) is 0. The second-order valence-corrected chi connectivity index (χ2v) is 5.01. The largest absolute Gasteiger partial charge is 0.381 e. The molecule has 2 heterocycles. The minimum Gasteiger partial charge on any atom is -0.381 e. The summed E-state index contributed by atoms with van der Waals surface area (Å²) in [6.45, 7) is 6.07. The van der Waals surface area contributed by atoms with Crippen molar-refractivity contribution in [2.24, 2.45) is 0 Å². The van der Waals surface area contributed by atoms with Crippen molar-refractivity contribution in [3.8, 4) is 6.07 Å². The Morgan fingerprint density at radius 3 is 2.76 bits per heavy atom. The molecular formula is C13H22N2O2. The number of hydrogen-bond donors (Lipinski definition) is 0. The molecule has 0 bridgehead atoms. The number of hydrogen-bond acceptors (Lipinski definition) is 4. The highest BCUT2D eigenvalue weighted by Crippen LogP contribution is 2.35. The fraction of sp³-hybridized carbons (Fsp3) is 0.923. The average Bonchev–Trinajstić information content (AvgIpc) is 2.37. The molecule has 0 N–H and O–H groups in total. The third-order valence-electron chi connectivity index (χ3n) is 4.07. The van der Waals surface area contributed by atoms with Gasteiger partial charge in [0.05, 0.1) is 18.2 Å². The normalized spacial score (nSPS) is 28.2. The molecule has 2 aliphatic heterocycles. The van der Waals surface area contributed by atoms with E-state index in [1.807, 2.05) is 0 Å². The van der Waals surface area contributed by atoms with Gasteiger partial charge in [0.2, 0.25) is 0 Å². The summed E-state index contributed by atoms with van der Waals surface area (Å²) in [5, 5.41) is 8.86. The summed E-state index contributed by atoms with van der Waals surface area (Å²) >= 11 is 0. The van der Waals surface area contributed by atoms with Gasteiger partial charge in [-0.1, -0.05) is 6.92 Å². The lowest BCUT2D eigenvalue weighted by molar-refractivity contribution is -0.150. The van der Waals surface area contributed by atoms with Crippen LogP contribution in [0, 0.1) is 11.3 Å². The van der Waals surface area contributed by atoms with Crippen molar-refractivity contribution in [2.75, 3.05) is 32.9 Å².